The fourth-order valence-electron chi connectivity index (χ4n) is 3.92. The van der Waals surface area contributed by atoms with Crippen molar-refractivity contribution in [3.8, 4) is 5.75 Å². The van der Waals surface area contributed by atoms with Crippen molar-refractivity contribution < 1.29 is 9.53 Å². The largest absolute Gasteiger partial charge is 0.494 e. The Balaban J connectivity index is 1.51. The summed E-state index contributed by atoms with van der Waals surface area (Å²) < 4.78 is 5.62. The summed E-state index contributed by atoms with van der Waals surface area (Å²) >= 11 is 0. The van der Waals surface area contributed by atoms with Gasteiger partial charge in [0.15, 0.2) is 0 Å². The van der Waals surface area contributed by atoms with Gasteiger partial charge in [0.25, 0.3) is 0 Å². The topological polar surface area (TPSA) is 53.6 Å². The fourth-order valence-corrected chi connectivity index (χ4v) is 3.92. The van der Waals surface area contributed by atoms with Crippen molar-refractivity contribution in [1.29, 1.82) is 0 Å². The van der Waals surface area contributed by atoms with Gasteiger partial charge in [0.05, 0.1) is 18.6 Å². The molecule has 2 aliphatic heterocycles. The van der Waals surface area contributed by atoms with E-state index in [0.717, 1.165) is 24.3 Å². The number of nitrogens with zero attached hydrogens (tertiary/aromatic N) is 1. The summed E-state index contributed by atoms with van der Waals surface area (Å²) in [5, 5.41) is 0. The van der Waals surface area contributed by atoms with Crippen LogP contribution in [0.4, 0.5) is 0 Å². The van der Waals surface area contributed by atoms with Gasteiger partial charge in [0.2, 0.25) is 5.91 Å². The van der Waals surface area contributed by atoms with E-state index < -0.39 is 0 Å². The highest BCUT2D eigenvalue weighted by Gasteiger charge is 2.37. The van der Waals surface area contributed by atoms with Crippen molar-refractivity contribution in [2.24, 2.45) is 5.92 Å². The van der Waals surface area contributed by atoms with E-state index in [4.69, 9.17) is 4.74 Å². The molecule has 4 rings (SSSR count). The predicted octanol–water partition coefficient (Wildman–Crippen LogP) is 2.44. The average Bonchev–Trinajstić information content (AvgIpc) is 3.17. The zero-order chi connectivity index (χ0) is 17.9. The van der Waals surface area contributed by atoms with Crippen LogP contribution in [-0.4, -0.2) is 30.5 Å². The monoisotopic (exact) mass is 351 g/mol. The van der Waals surface area contributed by atoms with E-state index in [0.29, 0.717) is 19.7 Å². The van der Waals surface area contributed by atoms with Gasteiger partial charge in [0, 0.05) is 19.6 Å². The Hall–Kier alpha value is -2.37. The number of fused-ring (bicyclic) bond motifs is 1. The van der Waals surface area contributed by atoms with Crippen LogP contribution >= 0.6 is 0 Å². The molecule has 0 spiro atoms. The third-order valence-corrected chi connectivity index (χ3v) is 5.27. The Labute approximate surface area is 154 Å². The first-order chi connectivity index (χ1) is 12.8. The molecule has 0 aliphatic carbocycles. The van der Waals surface area contributed by atoms with Crippen molar-refractivity contribution in [2.45, 2.75) is 25.9 Å². The second-order valence-electron chi connectivity index (χ2n) is 6.89. The third-order valence-electron chi connectivity index (χ3n) is 5.27. The molecule has 2 atom stereocenters. The van der Waals surface area contributed by atoms with Gasteiger partial charge in [-0.15, -0.1) is 0 Å². The molecule has 2 aromatic rings. The van der Waals surface area contributed by atoms with Crippen LogP contribution in [0.15, 0.2) is 48.5 Å². The Bertz CT molecular complexity index is 778. The van der Waals surface area contributed by atoms with Gasteiger partial charge in [-0.05, 0) is 42.2 Å². The van der Waals surface area contributed by atoms with Gasteiger partial charge in [-0.1, -0.05) is 36.4 Å². The maximum Gasteiger partial charge on any atom is 0.229 e. The van der Waals surface area contributed by atoms with Crippen LogP contribution in [-0.2, 0) is 17.8 Å². The normalized spacial score (nSPS) is 22.1. The van der Waals surface area contributed by atoms with Crippen molar-refractivity contribution in [3.63, 3.8) is 0 Å². The van der Waals surface area contributed by atoms with Gasteiger partial charge in [-0.25, -0.2) is 5.43 Å². The van der Waals surface area contributed by atoms with Gasteiger partial charge >= 0.3 is 0 Å². The van der Waals surface area contributed by atoms with Crippen molar-refractivity contribution in [2.75, 3.05) is 19.7 Å². The van der Waals surface area contributed by atoms with Crippen LogP contribution in [0, 0.1) is 5.92 Å². The lowest BCUT2D eigenvalue weighted by Crippen LogP contribution is -2.42. The molecule has 26 heavy (non-hydrogen) atoms. The van der Waals surface area contributed by atoms with E-state index in [1.807, 2.05) is 36.1 Å². The quantitative estimate of drug-likeness (QED) is 0.888. The summed E-state index contributed by atoms with van der Waals surface area (Å²) in [6, 6.07) is 16.4. The second kappa shape index (κ2) is 7.48. The second-order valence-corrected chi connectivity index (χ2v) is 6.89. The minimum absolute atomic E-state index is 0.0138. The van der Waals surface area contributed by atoms with Crippen LogP contribution in [0.25, 0.3) is 0 Å². The lowest BCUT2D eigenvalue weighted by atomic mass is 9.92. The first-order valence-corrected chi connectivity index (χ1v) is 9.33. The minimum Gasteiger partial charge on any atom is -0.494 e. The maximum absolute atomic E-state index is 13.2. The van der Waals surface area contributed by atoms with Crippen molar-refractivity contribution in [3.05, 3.63) is 65.2 Å². The molecule has 2 unspecified atom stereocenters. The van der Waals surface area contributed by atoms with Gasteiger partial charge in [-0.2, -0.15) is 0 Å². The molecule has 2 N–H and O–H groups in total. The van der Waals surface area contributed by atoms with Crippen LogP contribution in [0.1, 0.15) is 29.7 Å². The lowest BCUT2D eigenvalue weighted by Gasteiger charge is -2.32. The number of hydrazine groups is 1. The summed E-state index contributed by atoms with van der Waals surface area (Å²) in [6.45, 7) is 4.73. The molecule has 0 aromatic heterocycles. The Morgan fingerprint density at radius 2 is 2.04 bits per heavy atom. The highest BCUT2D eigenvalue weighted by molar-refractivity contribution is 5.80. The molecule has 0 saturated carbocycles. The molecule has 0 radical (unpaired) electrons. The zero-order valence-electron chi connectivity index (χ0n) is 15.1. The molecule has 136 valence electrons. The Morgan fingerprint density at radius 3 is 2.85 bits per heavy atom. The third kappa shape index (κ3) is 3.32. The molecule has 5 nitrogen and oxygen atoms in total. The van der Waals surface area contributed by atoms with E-state index in [2.05, 4.69) is 35.1 Å². The van der Waals surface area contributed by atoms with E-state index >= 15 is 0 Å². The van der Waals surface area contributed by atoms with Crippen molar-refractivity contribution in [1.82, 2.24) is 15.8 Å². The standard InChI is InChI=1S/C21H25N3O2/c1-2-26-18-9-8-15-10-11-24(14-17(15)12-18)21(25)19-13-22-23-20(19)16-6-4-3-5-7-16/h3-9,12,19-20,22-23H,2,10-11,13-14H2,1H3. The summed E-state index contributed by atoms with van der Waals surface area (Å²) in [4.78, 5) is 15.2. The van der Waals surface area contributed by atoms with Gasteiger partial charge < -0.3 is 9.64 Å². The van der Waals surface area contributed by atoms with Crippen LogP contribution in [0.2, 0.25) is 0 Å². The average molecular weight is 351 g/mol. The van der Waals surface area contributed by atoms with Gasteiger partial charge in [-0.3, -0.25) is 10.2 Å². The molecule has 2 aromatic carbocycles. The number of carbonyl (C=O) groups is 1. The number of nitrogens with one attached hydrogen (secondary N) is 2. The SMILES string of the molecule is CCOc1ccc2c(c1)CN(C(=O)C1CNNC1c1ccccc1)CC2. The number of benzene rings is 2. The van der Waals surface area contributed by atoms with Crippen molar-refractivity contribution >= 4 is 5.91 Å². The van der Waals surface area contributed by atoms with Crippen LogP contribution in [0.3, 0.4) is 0 Å². The van der Waals surface area contributed by atoms with Gasteiger partial charge in [0.1, 0.15) is 5.75 Å². The molecule has 1 fully saturated rings. The maximum atomic E-state index is 13.2. The molecule has 1 amide bonds. The lowest BCUT2D eigenvalue weighted by molar-refractivity contribution is -0.136. The minimum atomic E-state index is -0.0889. The summed E-state index contributed by atoms with van der Waals surface area (Å²) in [6.07, 6.45) is 0.900. The molecule has 2 aliphatic rings. The molecule has 0 bridgehead atoms. The smallest absolute Gasteiger partial charge is 0.229 e. The van der Waals surface area contributed by atoms with Crippen LogP contribution in [0.5, 0.6) is 5.75 Å². The summed E-state index contributed by atoms with van der Waals surface area (Å²) in [5.74, 6) is 1.00. The highest BCUT2D eigenvalue weighted by Crippen LogP contribution is 2.29. The summed E-state index contributed by atoms with van der Waals surface area (Å²) in [7, 11) is 0. The number of hydrogen-bond donors (Lipinski definition) is 2. The highest BCUT2D eigenvalue weighted by atomic mass is 16.5. The molecular weight excluding hydrogens is 326 g/mol. The number of hydrogen-bond acceptors (Lipinski definition) is 4. The molecule has 5 heteroatoms. The Kier molecular flexibility index (Phi) is 4.91. The van der Waals surface area contributed by atoms with E-state index in [1.54, 1.807) is 0 Å². The number of carbonyl (C=O) groups excluding carboxylic acids is 1. The van der Waals surface area contributed by atoms with Crippen LogP contribution < -0.4 is 15.6 Å². The number of rotatable bonds is 4. The number of amides is 1. The first-order valence-electron chi connectivity index (χ1n) is 9.33. The van der Waals surface area contributed by atoms with E-state index in [9.17, 15) is 4.79 Å². The fraction of sp³-hybridized carbons (Fsp3) is 0.381. The summed E-state index contributed by atoms with van der Waals surface area (Å²) in [5.41, 5.74) is 10.1. The first kappa shape index (κ1) is 17.1. The predicted molar refractivity (Wildman–Crippen MR) is 101 cm³/mol. The van der Waals surface area contributed by atoms with E-state index in [-0.39, 0.29) is 17.9 Å². The van der Waals surface area contributed by atoms with E-state index in [1.165, 1.54) is 11.1 Å². The zero-order valence-corrected chi connectivity index (χ0v) is 15.1. The molecular formula is C21H25N3O2. The molecule has 1 saturated heterocycles. The number of ether oxygens (including phenoxy) is 1. The Morgan fingerprint density at radius 1 is 1.19 bits per heavy atom. The molecule has 2 heterocycles.